The molecule has 1 saturated carbocycles. The van der Waals surface area contributed by atoms with Crippen LogP contribution in [0.1, 0.15) is 37.4 Å². The number of aliphatic hydroxyl groups excluding tert-OH is 1. The van der Waals surface area contributed by atoms with Crippen LogP contribution in [-0.2, 0) is 4.79 Å². The van der Waals surface area contributed by atoms with E-state index in [-0.39, 0.29) is 19.4 Å². The number of amides is 1. The summed E-state index contributed by atoms with van der Waals surface area (Å²) in [5.74, 6) is -2.75. The lowest BCUT2D eigenvalue weighted by Gasteiger charge is -2.32. The predicted molar refractivity (Wildman–Crippen MR) is 82.5 cm³/mol. The first-order valence-corrected chi connectivity index (χ1v) is 7.99. The molecule has 4 nitrogen and oxygen atoms in total. The summed E-state index contributed by atoms with van der Waals surface area (Å²) in [6.45, 7) is -0.132. The van der Waals surface area contributed by atoms with Crippen LogP contribution in [0.3, 0.4) is 0 Å². The van der Waals surface area contributed by atoms with Gasteiger partial charge < -0.3 is 15.2 Å². The summed E-state index contributed by atoms with van der Waals surface area (Å²) in [7, 11) is 1.49. The van der Waals surface area contributed by atoms with Crippen LogP contribution < -0.4 is 10.1 Å². The summed E-state index contributed by atoms with van der Waals surface area (Å²) in [5.41, 5.74) is 0.533. The standard InChI is InChI=1S/C17H22F3NO3/c1-24-12-6-4-5-11(9-12)15(22)10-21-16(23)13-7-2-3-8-14(13)17(18,19)20/h4-6,9,13-15,22H,2-3,7-8,10H2,1H3,(H,21,23)/t13-,14+,15+/m1/s1. The van der Waals surface area contributed by atoms with Crippen molar-refractivity contribution in [2.24, 2.45) is 11.8 Å². The zero-order valence-corrected chi connectivity index (χ0v) is 13.5. The monoisotopic (exact) mass is 345 g/mol. The molecule has 2 rings (SSSR count). The number of nitrogens with one attached hydrogen (secondary N) is 1. The Morgan fingerprint density at radius 1 is 1.38 bits per heavy atom. The summed E-state index contributed by atoms with van der Waals surface area (Å²) in [4.78, 5) is 12.2. The molecule has 0 aromatic heterocycles. The molecule has 0 aliphatic heterocycles. The van der Waals surface area contributed by atoms with Gasteiger partial charge in [-0.2, -0.15) is 13.2 Å². The van der Waals surface area contributed by atoms with Crippen molar-refractivity contribution in [2.75, 3.05) is 13.7 Å². The summed E-state index contributed by atoms with van der Waals surface area (Å²) >= 11 is 0. The number of hydrogen-bond acceptors (Lipinski definition) is 3. The van der Waals surface area contributed by atoms with Crippen LogP contribution in [-0.4, -0.2) is 30.8 Å². The van der Waals surface area contributed by atoms with Gasteiger partial charge in [0, 0.05) is 12.5 Å². The van der Waals surface area contributed by atoms with Crippen LogP contribution in [0.2, 0.25) is 0 Å². The van der Waals surface area contributed by atoms with Gasteiger partial charge in [-0.15, -0.1) is 0 Å². The van der Waals surface area contributed by atoms with E-state index < -0.39 is 30.0 Å². The van der Waals surface area contributed by atoms with E-state index in [1.807, 2.05) is 0 Å². The topological polar surface area (TPSA) is 58.6 Å². The molecule has 1 amide bonds. The zero-order chi connectivity index (χ0) is 17.7. The Labute approximate surface area is 139 Å². The van der Waals surface area contributed by atoms with Crippen molar-refractivity contribution < 1.29 is 27.8 Å². The molecule has 0 unspecified atom stereocenters. The van der Waals surface area contributed by atoms with Crippen molar-refractivity contribution in [3.8, 4) is 5.75 Å². The molecule has 0 heterocycles. The fourth-order valence-electron chi connectivity index (χ4n) is 3.13. The first-order chi connectivity index (χ1) is 11.3. The highest BCUT2D eigenvalue weighted by Crippen LogP contribution is 2.41. The van der Waals surface area contributed by atoms with E-state index in [1.165, 1.54) is 7.11 Å². The number of ether oxygens (including phenoxy) is 1. The maximum Gasteiger partial charge on any atom is 0.392 e. The van der Waals surface area contributed by atoms with E-state index in [9.17, 15) is 23.1 Å². The van der Waals surface area contributed by atoms with Gasteiger partial charge in [0.15, 0.2) is 0 Å². The molecule has 1 aromatic rings. The average molecular weight is 345 g/mol. The molecule has 0 bridgehead atoms. The van der Waals surface area contributed by atoms with Crippen LogP contribution in [0.4, 0.5) is 13.2 Å². The van der Waals surface area contributed by atoms with Gasteiger partial charge in [0.05, 0.1) is 19.1 Å². The lowest BCUT2D eigenvalue weighted by molar-refractivity contribution is -0.198. The SMILES string of the molecule is COc1cccc([C@@H](O)CNC(=O)[C@@H]2CCCC[C@@H]2C(F)(F)F)c1. The largest absolute Gasteiger partial charge is 0.497 e. The van der Waals surface area contributed by atoms with E-state index in [4.69, 9.17) is 4.74 Å². The van der Waals surface area contributed by atoms with Crippen molar-refractivity contribution in [1.82, 2.24) is 5.32 Å². The van der Waals surface area contributed by atoms with Crippen molar-refractivity contribution in [3.63, 3.8) is 0 Å². The number of halogens is 3. The first kappa shape index (κ1) is 18.6. The van der Waals surface area contributed by atoms with Crippen LogP contribution in [0, 0.1) is 11.8 Å². The number of rotatable bonds is 5. The first-order valence-electron chi connectivity index (χ1n) is 7.99. The van der Waals surface area contributed by atoms with E-state index in [2.05, 4.69) is 5.32 Å². The fourth-order valence-corrected chi connectivity index (χ4v) is 3.13. The molecule has 0 saturated heterocycles. The summed E-state index contributed by atoms with van der Waals surface area (Å²) < 4.78 is 44.2. The number of carbonyl (C=O) groups is 1. The van der Waals surface area contributed by atoms with Crippen LogP contribution >= 0.6 is 0 Å². The van der Waals surface area contributed by atoms with Gasteiger partial charge in [-0.1, -0.05) is 25.0 Å². The fraction of sp³-hybridized carbons (Fsp3) is 0.588. The van der Waals surface area contributed by atoms with Crippen molar-refractivity contribution >= 4 is 5.91 Å². The number of methoxy groups -OCH3 is 1. The molecule has 1 aromatic carbocycles. The zero-order valence-electron chi connectivity index (χ0n) is 13.5. The number of aliphatic hydroxyl groups is 1. The molecular weight excluding hydrogens is 323 g/mol. The minimum atomic E-state index is -4.37. The highest BCUT2D eigenvalue weighted by Gasteiger charge is 2.47. The Kier molecular flexibility index (Phi) is 6.10. The lowest BCUT2D eigenvalue weighted by Crippen LogP contribution is -2.43. The van der Waals surface area contributed by atoms with Gasteiger partial charge in [0.2, 0.25) is 5.91 Å². The predicted octanol–water partition coefficient (Wildman–Crippen LogP) is 3.21. The molecule has 0 radical (unpaired) electrons. The molecule has 7 heteroatoms. The minimum Gasteiger partial charge on any atom is -0.497 e. The van der Waals surface area contributed by atoms with E-state index in [0.717, 1.165) is 0 Å². The number of carbonyl (C=O) groups excluding carboxylic acids is 1. The smallest absolute Gasteiger partial charge is 0.392 e. The summed E-state index contributed by atoms with van der Waals surface area (Å²) in [6.07, 6.45) is -4.06. The van der Waals surface area contributed by atoms with Gasteiger partial charge in [0.1, 0.15) is 5.75 Å². The second-order valence-electron chi connectivity index (χ2n) is 6.08. The van der Waals surface area contributed by atoms with Crippen LogP contribution in [0.5, 0.6) is 5.75 Å². The molecule has 2 N–H and O–H groups in total. The van der Waals surface area contributed by atoms with Gasteiger partial charge in [-0.25, -0.2) is 0 Å². The minimum absolute atomic E-state index is 0.0139. The van der Waals surface area contributed by atoms with E-state index in [0.29, 0.717) is 24.2 Å². The van der Waals surface area contributed by atoms with Crippen molar-refractivity contribution in [3.05, 3.63) is 29.8 Å². The maximum atomic E-state index is 13.1. The second kappa shape index (κ2) is 7.88. The molecule has 1 aliphatic rings. The normalized spacial score (nSPS) is 22.7. The van der Waals surface area contributed by atoms with Crippen molar-refractivity contribution in [1.29, 1.82) is 0 Å². The maximum absolute atomic E-state index is 13.1. The third-order valence-corrected chi connectivity index (χ3v) is 4.47. The average Bonchev–Trinajstić information content (AvgIpc) is 2.58. The van der Waals surface area contributed by atoms with Crippen molar-refractivity contribution in [2.45, 2.75) is 38.0 Å². The van der Waals surface area contributed by atoms with Crippen LogP contribution in [0.15, 0.2) is 24.3 Å². The van der Waals surface area contributed by atoms with E-state index >= 15 is 0 Å². The Bertz CT molecular complexity index is 562. The Morgan fingerprint density at radius 2 is 2.08 bits per heavy atom. The highest BCUT2D eigenvalue weighted by atomic mass is 19.4. The third kappa shape index (κ3) is 4.63. The summed E-state index contributed by atoms with van der Waals surface area (Å²) in [6, 6.07) is 6.69. The Balaban J connectivity index is 1.96. The highest BCUT2D eigenvalue weighted by molar-refractivity contribution is 5.79. The molecular formula is C17H22F3NO3. The molecule has 0 spiro atoms. The van der Waals surface area contributed by atoms with Gasteiger partial charge in [-0.05, 0) is 30.5 Å². The van der Waals surface area contributed by atoms with Gasteiger partial charge in [-0.3, -0.25) is 4.79 Å². The molecule has 1 fully saturated rings. The lowest BCUT2D eigenvalue weighted by atomic mass is 9.78. The third-order valence-electron chi connectivity index (χ3n) is 4.47. The molecule has 3 atom stereocenters. The van der Waals surface area contributed by atoms with Gasteiger partial charge >= 0.3 is 6.18 Å². The second-order valence-corrected chi connectivity index (χ2v) is 6.08. The quantitative estimate of drug-likeness (QED) is 0.861. The molecule has 1 aliphatic carbocycles. The molecule has 134 valence electrons. The summed E-state index contributed by atoms with van der Waals surface area (Å²) in [5, 5.41) is 12.6. The van der Waals surface area contributed by atoms with Gasteiger partial charge in [0.25, 0.3) is 0 Å². The molecule has 24 heavy (non-hydrogen) atoms. The Morgan fingerprint density at radius 3 is 2.75 bits per heavy atom. The Hall–Kier alpha value is -1.76. The van der Waals surface area contributed by atoms with E-state index in [1.54, 1.807) is 24.3 Å². The number of hydrogen-bond donors (Lipinski definition) is 2. The number of alkyl halides is 3. The number of benzene rings is 1. The van der Waals surface area contributed by atoms with Crippen LogP contribution in [0.25, 0.3) is 0 Å².